The van der Waals surface area contributed by atoms with Crippen molar-refractivity contribution in [1.29, 1.82) is 0 Å². The molecule has 0 unspecified atom stereocenters. The van der Waals surface area contributed by atoms with Crippen LogP contribution in [0, 0.1) is 33.8 Å². The molecule has 6 atom stereocenters. The molecule has 3 fully saturated rings. The van der Waals surface area contributed by atoms with Crippen LogP contribution in [0.2, 0.25) is 15.1 Å². The van der Waals surface area contributed by atoms with E-state index in [2.05, 4.69) is 10.4 Å². The summed E-state index contributed by atoms with van der Waals surface area (Å²) < 4.78 is 40.4. The van der Waals surface area contributed by atoms with Gasteiger partial charge in [0.25, 0.3) is 17.5 Å². The number of nitrogens with one attached hydrogen (secondary N) is 1. The Balaban J connectivity index is 1.31. The molecule has 2 saturated heterocycles. The minimum absolute atomic E-state index is 0.000869. The van der Waals surface area contributed by atoms with Gasteiger partial charge in [0.2, 0.25) is 11.8 Å². The maximum absolute atomic E-state index is 15.3. The second-order valence-electron chi connectivity index (χ2n) is 13.9. The number of hydrazine groups is 1. The van der Waals surface area contributed by atoms with Crippen molar-refractivity contribution in [1.82, 2.24) is 9.99 Å². The van der Waals surface area contributed by atoms with Gasteiger partial charge >= 0.3 is 6.18 Å². The molecule has 2 N–H and O–H groups in total. The third kappa shape index (κ3) is 5.62. The number of benzene rings is 3. The fourth-order valence-electron chi connectivity index (χ4n) is 8.88. The molecular formula is C38H25Cl3F3N5O7. The summed E-state index contributed by atoms with van der Waals surface area (Å²) in [5.74, 6) is -9.24. The number of allylic oxidation sites excluding steroid dienone is 2. The van der Waals surface area contributed by atoms with Gasteiger partial charge in [-0.3, -0.25) is 34.7 Å². The molecule has 286 valence electrons. The van der Waals surface area contributed by atoms with Crippen molar-refractivity contribution in [3.8, 4) is 5.75 Å². The summed E-state index contributed by atoms with van der Waals surface area (Å²) in [5, 5.41) is 23.6. The number of anilines is 2. The van der Waals surface area contributed by atoms with Gasteiger partial charge in [-0.15, -0.1) is 0 Å². The van der Waals surface area contributed by atoms with E-state index in [4.69, 9.17) is 34.8 Å². The van der Waals surface area contributed by atoms with Gasteiger partial charge in [0.05, 0.1) is 44.4 Å². The first kappa shape index (κ1) is 37.4. The highest BCUT2D eigenvalue weighted by atomic mass is 35.5. The SMILES string of the molecule is O=C1[C@@H]2C[C@@H]3C(=CC[C@@H]4C(=O)N(c5cccc([N+](=O)[O-])c5)C(=O)[C@@H]43)[C@H](c3cc(Cl)ccc3O)[C@]2(c2ccc(Cl)cc2)C(=O)N1Nc1ncc(C(F)(F)F)cc1Cl. The molecule has 0 bridgehead atoms. The van der Waals surface area contributed by atoms with Crippen LogP contribution >= 0.6 is 34.8 Å². The second-order valence-corrected chi connectivity index (χ2v) is 15.2. The van der Waals surface area contributed by atoms with Gasteiger partial charge in [0, 0.05) is 39.9 Å². The van der Waals surface area contributed by atoms with Gasteiger partial charge < -0.3 is 5.11 Å². The van der Waals surface area contributed by atoms with E-state index in [1.807, 2.05) is 0 Å². The van der Waals surface area contributed by atoms with Gasteiger partial charge in [0.15, 0.2) is 5.82 Å². The highest BCUT2D eigenvalue weighted by Crippen LogP contribution is 2.65. The smallest absolute Gasteiger partial charge is 0.417 e. The Hall–Kier alpha value is -5.51. The second kappa shape index (κ2) is 13.3. The van der Waals surface area contributed by atoms with E-state index in [0.717, 1.165) is 11.0 Å². The lowest BCUT2D eigenvalue weighted by molar-refractivity contribution is -0.384. The summed E-state index contributed by atoms with van der Waals surface area (Å²) in [4.78, 5) is 74.1. The average Bonchev–Trinajstić information content (AvgIpc) is 3.54. The van der Waals surface area contributed by atoms with Crippen LogP contribution in [-0.4, -0.2) is 43.7 Å². The number of hydrogen-bond acceptors (Lipinski definition) is 9. The molecule has 1 saturated carbocycles. The number of fused-ring (bicyclic) bond motifs is 4. The number of pyridine rings is 1. The van der Waals surface area contributed by atoms with E-state index in [1.54, 1.807) is 18.2 Å². The number of carbonyl (C=O) groups excluding carboxylic acids is 4. The van der Waals surface area contributed by atoms with Crippen LogP contribution in [0.1, 0.15) is 35.4 Å². The topological polar surface area (TPSA) is 163 Å². The molecule has 0 spiro atoms. The van der Waals surface area contributed by atoms with Gasteiger partial charge in [-0.2, -0.15) is 18.2 Å². The monoisotopic (exact) mass is 825 g/mol. The quantitative estimate of drug-likeness (QED) is 0.0853. The van der Waals surface area contributed by atoms with Crippen LogP contribution in [0.15, 0.2) is 90.6 Å². The number of phenolic OH excluding ortho intramolecular Hbond substituents is 1. The minimum Gasteiger partial charge on any atom is -0.508 e. The molecule has 0 radical (unpaired) electrons. The molecule has 3 heterocycles. The summed E-state index contributed by atoms with van der Waals surface area (Å²) >= 11 is 19.0. The molecule has 56 heavy (non-hydrogen) atoms. The van der Waals surface area contributed by atoms with Crippen molar-refractivity contribution in [3.05, 3.63) is 133 Å². The summed E-state index contributed by atoms with van der Waals surface area (Å²) in [5.41, 5.74) is -0.0472. The molecule has 3 aromatic carbocycles. The Morgan fingerprint density at radius 1 is 0.911 bits per heavy atom. The van der Waals surface area contributed by atoms with E-state index in [9.17, 15) is 42.8 Å². The first-order valence-electron chi connectivity index (χ1n) is 17.0. The number of alkyl halides is 3. The Morgan fingerprint density at radius 3 is 2.30 bits per heavy atom. The first-order valence-corrected chi connectivity index (χ1v) is 18.1. The maximum atomic E-state index is 15.3. The van der Waals surface area contributed by atoms with Crippen LogP contribution in [0.4, 0.5) is 30.4 Å². The Kier molecular flexibility index (Phi) is 8.90. The predicted molar refractivity (Wildman–Crippen MR) is 196 cm³/mol. The number of carbonyl (C=O) groups is 4. The first-order chi connectivity index (χ1) is 26.5. The van der Waals surface area contributed by atoms with Crippen molar-refractivity contribution in [2.24, 2.45) is 23.7 Å². The van der Waals surface area contributed by atoms with E-state index in [-0.39, 0.29) is 46.1 Å². The lowest BCUT2D eigenvalue weighted by atomic mass is 9.49. The number of imide groups is 2. The third-order valence-corrected chi connectivity index (χ3v) is 11.9. The number of non-ortho nitro benzene ring substituents is 1. The zero-order chi connectivity index (χ0) is 40.0. The largest absolute Gasteiger partial charge is 0.508 e. The van der Waals surface area contributed by atoms with Crippen LogP contribution in [0.5, 0.6) is 5.75 Å². The number of aromatic nitrogens is 1. The predicted octanol–water partition coefficient (Wildman–Crippen LogP) is 7.86. The van der Waals surface area contributed by atoms with Crippen molar-refractivity contribution < 1.29 is 42.4 Å². The summed E-state index contributed by atoms with van der Waals surface area (Å²) in [6, 6.07) is 15.9. The fraction of sp³-hybridized carbons (Fsp3) is 0.237. The number of hydrogen-bond donors (Lipinski definition) is 2. The van der Waals surface area contributed by atoms with E-state index >= 15 is 4.79 Å². The number of amides is 4. The standard InChI is InChI=1S/C38H25Cl3F3N5O7/c39-19-6-4-17(5-7-19)37-27(34(52)48(36(37)54)46-32-28(41)12-18(16-45-32)38(42,43)44)15-25-23(31(37)26-13-20(40)8-11-29(26)50)9-10-24-30(25)35(53)47(33(24)51)21-2-1-3-22(14-21)49(55)56/h1-9,11-14,16,24-25,27,30-31,50H,10,15H2,(H,45,46)/t24-,25+,27-,30-,31+,37+/m0/s1. The van der Waals surface area contributed by atoms with Gasteiger partial charge in [-0.05, 0) is 66.8 Å². The normalized spacial score (nSPS) is 25.8. The number of phenols is 1. The lowest BCUT2D eigenvalue weighted by Crippen LogP contribution is -2.53. The van der Waals surface area contributed by atoms with Crippen LogP contribution < -0.4 is 10.3 Å². The molecule has 18 heteroatoms. The molecule has 8 rings (SSSR count). The molecule has 4 aliphatic rings. The lowest BCUT2D eigenvalue weighted by Gasteiger charge is -2.50. The minimum atomic E-state index is -4.79. The van der Waals surface area contributed by atoms with Crippen molar-refractivity contribution in [2.75, 3.05) is 10.3 Å². The molecule has 12 nitrogen and oxygen atoms in total. The zero-order valence-electron chi connectivity index (χ0n) is 28.3. The number of nitrogens with zero attached hydrogens (tertiary/aromatic N) is 4. The van der Waals surface area contributed by atoms with E-state index < -0.39 is 86.1 Å². The summed E-state index contributed by atoms with van der Waals surface area (Å²) in [6.07, 6.45) is -2.77. The fourth-order valence-corrected chi connectivity index (χ4v) is 9.40. The van der Waals surface area contributed by atoms with Gasteiger partial charge in [-0.1, -0.05) is 64.7 Å². The van der Waals surface area contributed by atoms with Crippen LogP contribution in [0.25, 0.3) is 0 Å². The van der Waals surface area contributed by atoms with Crippen LogP contribution in [0.3, 0.4) is 0 Å². The summed E-state index contributed by atoms with van der Waals surface area (Å²) in [6.45, 7) is 0. The molecule has 1 aromatic heterocycles. The van der Waals surface area contributed by atoms with E-state index in [1.165, 1.54) is 48.5 Å². The number of nitro groups is 1. The molecule has 2 aliphatic heterocycles. The average molecular weight is 827 g/mol. The van der Waals surface area contributed by atoms with Crippen molar-refractivity contribution in [2.45, 2.75) is 30.4 Å². The van der Waals surface area contributed by atoms with Gasteiger partial charge in [-0.25, -0.2) is 9.88 Å². The van der Waals surface area contributed by atoms with Crippen molar-refractivity contribution >= 4 is 75.6 Å². The van der Waals surface area contributed by atoms with Crippen LogP contribution in [-0.2, 0) is 30.8 Å². The van der Waals surface area contributed by atoms with E-state index in [0.29, 0.717) is 27.9 Å². The maximum Gasteiger partial charge on any atom is 0.417 e. The number of aromatic hydroxyl groups is 1. The Morgan fingerprint density at radius 2 is 1.62 bits per heavy atom. The highest BCUT2D eigenvalue weighted by Gasteiger charge is 2.70. The Bertz CT molecular complexity index is 2430. The molecular weight excluding hydrogens is 802 g/mol. The number of halogens is 6. The highest BCUT2D eigenvalue weighted by molar-refractivity contribution is 6.33. The molecule has 2 aliphatic carbocycles. The molecule has 4 aromatic rings. The number of rotatable bonds is 6. The third-order valence-electron chi connectivity index (χ3n) is 11.2. The summed E-state index contributed by atoms with van der Waals surface area (Å²) in [7, 11) is 0. The zero-order valence-corrected chi connectivity index (χ0v) is 30.6. The number of nitro benzene ring substituents is 1. The molecule has 4 amide bonds. The van der Waals surface area contributed by atoms with Crippen molar-refractivity contribution in [3.63, 3.8) is 0 Å². The Labute approximate surface area is 329 Å². The van der Waals surface area contributed by atoms with Gasteiger partial charge in [0.1, 0.15) is 5.75 Å².